The number of carbonyl (C=O) groups excluding carboxylic acids is 2. The van der Waals surface area contributed by atoms with E-state index < -0.39 is 0 Å². The van der Waals surface area contributed by atoms with E-state index in [0.29, 0.717) is 32.4 Å². The Morgan fingerprint density at radius 3 is 2.27 bits per heavy atom. The number of amides is 2. The smallest absolute Gasteiger partial charge is 0.222 e. The van der Waals surface area contributed by atoms with Crippen molar-refractivity contribution in [2.75, 3.05) is 40.3 Å². The third kappa shape index (κ3) is 8.85. The summed E-state index contributed by atoms with van der Waals surface area (Å²) in [7, 11) is 4.02. The van der Waals surface area contributed by atoms with Gasteiger partial charge in [-0.25, -0.2) is 0 Å². The van der Waals surface area contributed by atoms with E-state index in [0.717, 1.165) is 30.9 Å². The molecule has 1 N–H and O–H groups in total. The highest BCUT2D eigenvalue weighted by Crippen LogP contribution is 2.12. The van der Waals surface area contributed by atoms with E-state index in [4.69, 9.17) is 4.74 Å². The van der Waals surface area contributed by atoms with Gasteiger partial charge >= 0.3 is 0 Å². The number of hydrogen-bond acceptors (Lipinski definition) is 4. The van der Waals surface area contributed by atoms with Crippen LogP contribution in [0.4, 0.5) is 0 Å². The van der Waals surface area contributed by atoms with Crippen molar-refractivity contribution in [1.82, 2.24) is 15.1 Å². The van der Waals surface area contributed by atoms with Gasteiger partial charge in [-0.1, -0.05) is 12.1 Å². The maximum Gasteiger partial charge on any atom is 0.222 e. The van der Waals surface area contributed by atoms with Gasteiger partial charge in [-0.2, -0.15) is 0 Å². The summed E-state index contributed by atoms with van der Waals surface area (Å²) in [6, 6.07) is 7.74. The highest BCUT2D eigenvalue weighted by molar-refractivity contribution is 5.78. The molecule has 0 aliphatic rings. The normalized spacial score (nSPS) is 10.7. The largest absolute Gasteiger partial charge is 0.492 e. The van der Waals surface area contributed by atoms with Crippen molar-refractivity contribution in [1.29, 1.82) is 0 Å². The summed E-state index contributed by atoms with van der Waals surface area (Å²) >= 11 is 0. The van der Waals surface area contributed by atoms with Gasteiger partial charge in [-0.15, -0.1) is 0 Å². The van der Waals surface area contributed by atoms with Gasteiger partial charge in [0.15, 0.2) is 0 Å². The van der Waals surface area contributed by atoms with Crippen LogP contribution >= 0.6 is 0 Å². The topological polar surface area (TPSA) is 61.9 Å². The predicted molar refractivity (Wildman–Crippen MR) is 104 cm³/mol. The highest BCUT2D eigenvalue weighted by atomic mass is 16.5. The van der Waals surface area contributed by atoms with E-state index in [2.05, 4.69) is 10.2 Å². The lowest BCUT2D eigenvalue weighted by Gasteiger charge is -2.18. The first-order valence-electron chi connectivity index (χ1n) is 9.37. The zero-order valence-electron chi connectivity index (χ0n) is 16.6. The molecule has 2 amide bonds. The number of nitrogens with one attached hydrogen (secondary N) is 1. The zero-order chi connectivity index (χ0) is 19.4. The van der Waals surface area contributed by atoms with Gasteiger partial charge in [0.25, 0.3) is 0 Å². The maximum absolute atomic E-state index is 11.9. The van der Waals surface area contributed by atoms with Crippen molar-refractivity contribution in [2.24, 2.45) is 0 Å². The molecule has 0 spiro atoms. The summed E-state index contributed by atoms with van der Waals surface area (Å²) in [5.74, 6) is 0.924. The van der Waals surface area contributed by atoms with Gasteiger partial charge in [0.2, 0.25) is 11.8 Å². The van der Waals surface area contributed by atoms with E-state index in [1.54, 1.807) is 4.90 Å². The van der Waals surface area contributed by atoms with Crippen molar-refractivity contribution in [2.45, 2.75) is 39.7 Å². The Balaban J connectivity index is 2.24. The second-order valence-electron chi connectivity index (χ2n) is 6.49. The Morgan fingerprint density at radius 2 is 1.69 bits per heavy atom. The Labute approximate surface area is 157 Å². The van der Waals surface area contributed by atoms with Gasteiger partial charge in [-0.3, -0.25) is 9.59 Å². The van der Waals surface area contributed by atoms with Gasteiger partial charge in [-0.05, 0) is 52.1 Å². The Kier molecular flexibility index (Phi) is 10.4. The van der Waals surface area contributed by atoms with Gasteiger partial charge in [0, 0.05) is 39.0 Å². The summed E-state index contributed by atoms with van der Waals surface area (Å²) in [4.78, 5) is 27.7. The van der Waals surface area contributed by atoms with E-state index >= 15 is 0 Å². The van der Waals surface area contributed by atoms with Crippen LogP contribution in [0.3, 0.4) is 0 Å². The summed E-state index contributed by atoms with van der Waals surface area (Å²) in [5, 5.41) is 2.90. The van der Waals surface area contributed by atoms with Crippen molar-refractivity contribution in [3.63, 3.8) is 0 Å². The minimum absolute atomic E-state index is 0.0244. The monoisotopic (exact) mass is 363 g/mol. The minimum Gasteiger partial charge on any atom is -0.492 e. The standard InChI is InChI=1S/C20H33N3O3/c1-5-23(6-2)20(25)9-7-8-19(24)21-16-17-10-12-18(13-11-17)26-15-14-22(3)4/h10-13H,5-9,14-16H2,1-4H3,(H,21,24). The number of rotatable bonds is 12. The number of likely N-dealkylation sites (N-methyl/N-ethyl adjacent to an activating group) is 1. The van der Waals surface area contributed by atoms with Gasteiger partial charge in [0.05, 0.1) is 0 Å². The molecule has 0 bridgehead atoms. The van der Waals surface area contributed by atoms with Crippen LogP contribution in [-0.4, -0.2) is 62.0 Å². The van der Waals surface area contributed by atoms with Crippen LogP contribution in [0.15, 0.2) is 24.3 Å². The first-order valence-corrected chi connectivity index (χ1v) is 9.37. The Hall–Kier alpha value is -2.08. The summed E-state index contributed by atoms with van der Waals surface area (Å²) in [5.41, 5.74) is 1.03. The lowest BCUT2D eigenvalue weighted by Crippen LogP contribution is -2.30. The molecule has 0 radical (unpaired) electrons. The molecule has 0 aliphatic heterocycles. The number of benzene rings is 1. The summed E-state index contributed by atoms with van der Waals surface area (Å²) in [6.45, 7) is 7.37. The molecular formula is C20H33N3O3. The highest BCUT2D eigenvalue weighted by Gasteiger charge is 2.10. The minimum atomic E-state index is -0.0244. The molecule has 6 nitrogen and oxygen atoms in total. The van der Waals surface area contributed by atoms with Crippen LogP contribution in [-0.2, 0) is 16.1 Å². The Morgan fingerprint density at radius 1 is 1.04 bits per heavy atom. The van der Waals surface area contributed by atoms with Crippen LogP contribution in [0.25, 0.3) is 0 Å². The second kappa shape index (κ2) is 12.3. The van der Waals surface area contributed by atoms with E-state index in [1.165, 1.54) is 0 Å². The first kappa shape index (κ1) is 22.0. The van der Waals surface area contributed by atoms with Crippen LogP contribution in [0, 0.1) is 0 Å². The third-order valence-electron chi connectivity index (χ3n) is 4.13. The molecule has 0 aromatic heterocycles. The molecule has 6 heteroatoms. The van der Waals surface area contributed by atoms with Crippen molar-refractivity contribution in [3.05, 3.63) is 29.8 Å². The molecule has 1 aromatic carbocycles. The second-order valence-corrected chi connectivity index (χ2v) is 6.49. The molecule has 1 rings (SSSR count). The molecule has 0 unspecified atom stereocenters. The lowest BCUT2D eigenvalue weighted by atomic mass is 10.2. The molecule has 0 atom stereocenters. The molecule has 26 heavy (non-hydrogen) atoms. The fourth-order valence-electron chi connectivity index (χ4n) is 2.47. The maximum atomic E-state index is 11.9. The molecule has 0 aliphatic carbocycles. The lowest BCUT2D eigenvalue weighted by molar-refractivity contribution is -0.131. The fourth-order valence-corrected chi connectivity index (χ4v) is 2.47. The summed E-state index contributed by atoms with van der Waals surface area (Å²) < 4.78 is 5.65. The molecule has 0 heterocycles. The van der Waals surface area contributed by atoms with Gasteiger partial charge < -0.3 is 19.9 Å². The quantitative estimate of drug-likeness (QED) is 0.619. The Bertz CT molecular complexity index is 540. The molecular weight excluding hydrogens is 330 g/mol. The van der Waals surface area contributed by atoms with Crippen LogP contribution in [0.2, 0.25) is 0 Å². The van der Waals surface area contributed by atoms with Crippen molar-refractivity contribution in [3.8, 4) is 5.75 Å². The average Bonchev–Trinajstić information content (AvgIpc) is 2.62. The summed E-state index contributed by atoms with van der Waals surface area (Å²) in [6.07, 6.45) is 1.38. The first-order chi connectivity index (χ1) is 12.5. The molecule has 0 fully saturated rings. The van der Waals surface area contributed by atoms with E-state index in [1.807, 2.05) is 52.2 Å². The molecule has 0 saturated carbocycles. The zero-order valence-corrected chi connectivity index (χ0v) is 16.6. The average molecular weight is 364 g/mol. The third-order valence-corrected chi connectivity index (χ3v) is 4.13. The molecule has 1 aromatic rings. The van der Waals surface area contributed by atoms with Crippen molar-refractivity contribution < 1.29 is 14.3 Å². The van der Waals surface area contributed by atoms with Crippen LogP contribution < -0.4 is 10.1 Å². The predicted octanol–water partition coefficient (Wildman–Crippen LogP) is 2.28. The van der Waals surface area contributed by atoms with E-state index in [-0.39, 0.29) is 11.8 Å². The molecule has 146 valence electrons. The van der Waals surface area contributed by atoms with Crippen LogP contribution in [0.1, 0.15) is 38.7 Å². The van der Waals surface area contributed by atoms with Crippen molar-refractivity contribution >= 4 is 11.8 Å². The number of nitrogens with zero attached hydrogens (tertiary/aromatic N) is 2. The van der Waals surface area contributed by atoms with Gasteiger partial charge in [0.1, 0.15) is 12.4 Å². The number of carbonyl (C=O) groups is 2. The molecule has 0 saturated heterocycles. The number of ether oxygens (including phenoxy) is 1. The van der Waals surface area contributed by atoms with Crippen LogP contribution in [0.5, 0.6) is 5.75 Å². The fraction of sp³-hybridized carbons (Fsp3) is 0.600. The SMILES string of the molecule is CCN(CC)C(=O)CCCC(=O)NCc1ccc(OCCN(C)C)cc1. The number of hydrogen-bond donors (Lipinski definition) is 1. The van der Waals surface area contributed by atoms with E-state index in [9.17, 15) is 9.59 Å².